The van der Waals surface area contributed by atoms with Crippen LogP contribution in [-0.4, -0.2) is 51.7 Å². The van der Waals surface area contributed by atoms with Crippen molar-refractivity contribution in [3.05, 3.63) is 18.5 Å². The highest BCUT2D eigenvalue weighted by atomic mass is 16.2. The van der Waals surface area contributed by atoms with E-state index in [0.717, 1.165) is 44.8 Å². The van der Waals surface area contributed by atoms with E-state index in [2.05, 4.69) is 20.3 Å². The quantitative estimate of drug-likeness (QED) is 0.920. The van der Waals surface area contributed by atoms with Gasteiger partial charge in [-0.15, -0.1) is 0 Å². The van der Waals surface area contributed by atoms with Crippen molar-refractivity contribution >= 4 is 23.2 Å². The van der Waals surface area contributed by atoms with Crippen molar-refractivity contribution in [1.29, 1.82) is 0 Å². The topological polar surface area (TPSA) is 65.8 Å². The van der Waals surface area contributed by atoms with Gasteiger partial charge in [-0.25, -0.2) is 14.3 Å². The van der Waals surface area contributed by atoms with Crippen LogP contribution in [0.25, 0.3) is 5.65 Å². The van der Waals surface area contributed by atoms with Gasteiger partial charge in [0.05, 0.1) is 6.20 Å². The van der Waals surface area contributed by atoms with Crippen LogP contribution in [0.2, 0.25) is 0 Å². The Kier molecular flexibility index (Phi) is 3.32. The van der Waals surface area contributed by atoms with Gasteiger partial charge in [0, 0.05) is 32.4 Å². The second-order valence-electron chi connectivity index (χ2n) is 5.93. The summed E-state index contributed by atoms with van der Waals surface area (Å²) in [6, 6.07) is 1.93. The summed E-state index contributed by atoms with van der Waals surface area (Å²) < 4.78 is 1.71. The molecule has 0 saturated carbocycles. The Labute approximate surface area is 128 Å². The van der Waals surface area contributed by atoms with E-state index in [1.165, 1.54) is 12.8 Å². The van der Waals surface area contributed by atoms with Crippen molar-refractivity contribution in [2.75, 3.05) is 36.4 Å². The second kappa shape index (κ2) is 5.47. The number of carbonyl (C=O) groups excluding carboxylic acids is 1. The molecule has 4 heterocycles. The number of likely N-dealkylation sites (tertiary alicyclic amines) is 1. The first-order chi connectivity index (χ1) is 10.8. The van der Waals surface area contributed by atoms with Gasteiger partial charge in [0.25, 0.3) is 0 Å². The summed E-state index contributed by atoms with van der Waals surface area (Å²) in [5.41, 5.74) is 1.38. The zero-order valence-corrected chi connectivity index (χ0v) is 12.5. The number of urea groups is 1. The van der Waals surface area contributed by atoms with Gasteiger partial charge in [0.15, 0.2) is 5.65 Å². The molecule has 2 amide bonds. The predicted octanol–water partition coefficient (Wildman–Crippen LogP) is 1.96. The molecule has 0 bridgehead atoms. The number of fused-ring (bicyclic) bond motifs is 1. The highest BCUT2D eigenvalue weighted by Gasteiger charge is 2.20. The number of carbonyl (C=O) groups is 1. The lowest BCUT2D eigenvalue weighted by Crippen LogP contribution is -2.32. The molecule has 0 aliphatic carbocycles. The van der Waals surface area contributed by atoms with Gasteiger partial charge >= 0.3 is 6.03 Å². The van der Waals surface area contributed by atoms with Gasteiger partial charge in [0.1, 0.15) is 11.5 Å². The van der Waals surface area contributed by atoms with E-state index in [0.29, 0.717) is 11.3 Å². The zero-order valence-electron chi connectivity index (χ0n) is 12.5. The Bertz CT molecular complexity index is 684. The van der Waals surface area contributed by atoms with Crippen LogP contribution in [0.3, 0.4) is 0 Å². The highest BCUT2D eigenvalue weighted by molar-refractivity contribution is 5.93. The smallest absolute Gasteiger partial charge is 0.321 e. The van der Waals surface area contributed by atoms with Crippen LogP contribution in [-0.2, 0) is 0 Å². The first kappa shape index (κ1) is 13.4. The molecule has 116 valence electrons. The molecule has 7 nitrogen and oxygen atoms in total. The molecule has 1 N–H and O–H groups in total. The van der Waals surface area contributed by atoms with Crippen LogP contribution in [0.5, 0.6) is 0 Å². The summed E-state index contributed by atoms with van der Waals surface area (Å²) in [5.74, 6) is 0.960. The number of aromatic nitrogens is 3. The Morgan fingerprint density at radius 1 is 1.09 bits per heavy atom. The fraction of sp³-hybridized carbons (Fsp3) is 0.533. The summed E-state index contributed by atoms with van der Waals surface area (Å²) in [7, 11) is 0. The van der Waals surface area contributed by atoms with Crippen molar-refractivity contribution < 1.29 is 4.79 Å². The van der Waals surface area contributed by atoms with Crippen LogP contribution in [0.4, 0.5) is 16.3 Å². The maximum Gasteiger partial charge on any atom is 0.321 e. The van der Waals surface area contributed by atoms with Crippen LogP contribution >= 0.6 is 0 Å². The SMILES string of the molecule is O=C(Nc1cnn2ccc(N3CCCC3)nc12)N1CCCC1. The minimum atomic E-state index is -0.0548. The van der Waals surface area contributed by atoms with Gasteiger partial charge in [-0.2, -0.15) is 5.10 Å². The molecule has 0 aromatic carbocycles. The summed E-state index contributed by atoms with van der Waals surface area (Å²) in [6.07, 6.45) is 8.17. The molecule has 0 spiro atoms. The Hall–Kier alpha value is -2.31. The molecule has 7 heteroatoms. The molecular formula is C15H20N6O. The van der Waals surface area contributed by atoms with Crippen molar-refractivity contribution in [2.24, 2.45) is 0 Å². The molecule has 22 heavy (non-hydrogen) atoms. The Morgan fingerprint density at radius 3 is 2.59 bits per heavy atom. The van der Waals surface area contributed by atoms with Crippen molar-refractivity contribution in [2.45, 2.75) is 25.7 Å². The number of hydrogen-bond donors (Lipinski definition) is 1. The lowest BCUT2D eigenvalue weighted by atomic mass is 10.4. The lowest BCUT2D eigenvalue weighted by Gasteiger charge is -2.17. The minimum absolute atomic E-state index is 0.0548. The Balaban J connectivity index is 1.59. The summed E-state index contributed by atoms with van der Waals surface area (Å²) in [4.78, 5) is 21.0. The average Bonchev–Trinajstić information content (AvgIpc) is 3.29. The third-order valence-corrected chi connectivity index (χ3v) is 4.42. The fourth-order valence-corrected chi connectivity index (χ4v) is 3.18. The number of nitrogens with one attached hydrogen (secondary N) is 1. The van der Waals surface area contributed by atoms with Gasteiger partial charge in [-0.1, -0.05) is 0 Å². The van der Waals surface area contributed by atoms with Gasteiger partial charge in [0.2, 0.25) is 0 Å². The molecule has 2 aromatic rings. The van der Waals surface area contributed by atoms with Gasteiger partial charge in [-0.3, -0.25) is 0 Å². The molecule has 0 radical (unpaired) electrons. The van der Waals surface area contributed by atoms with E-state index in [4.69, 9.17) is 0 Å². The number of nitrogens with zero attached hydrogens (tertiary/aromatic N) is 5. The fourth-order valence-electron chi connectivity index (χ4n) is 3.18. The zero-order chi connectivity index (χ0) is 14.9. The summed E-state index contributed by atoms with van der Waals surface area (Å²) in [6.45, 7) is 3.76. The third-order valence-electron chi connectivity index (χ3n) is 4.42. The average molecular weight is 300 g/mol. The maximum absolute atomic E-state index is 12.2. The number of anilines is 2. The molecule has 4 rings (SSSR count). The van der Waals surface area contributed by atoms with E-state index >= 15 is 0 Å². The molecule has 2 aliphatic rings. The number of amides is 2. The molecular weight excluding hydrogens is 280 g/mol. The van der Waals surface area contributed by atoms with E-state index in [1.807, 2.05) is 17.2 Å². The van der Waals surface area contributed by atoms with E-state index in [9.17, 15) is 4.79 Å². The van der Waals surface area contributed by atoms with Crippen LogP contribution in [0.1, 0.15) is 25.7 Å². The van der Waals surface area contributed by atoms with E-state index in [-0.39, 0.29) is 6.03 Å². The normalized spacial score (nSPS) is 18.4. The molecule has 0 atom stereocenters. The number of hydrogen-bond acceptors (Lipinski definition) is 4. The third kappa shape index (κ3) is 2.36. The van der Waals surface area contributed by atoms with Crippen molar-refractivity contribution in [3.8, 4) is 0 Å². The van der Waals surface area contributed by atoms with Crippen molar-refractivity contribution in [3.63, 3.8) is 0 Å². The molecule has 2 fully saturated rings. The van der Waals surface area contributed by atoms with Crippen LogP contribution in [0.15, 0.2) is 18.5 Å². The largest absolute Gasteiger partial charge is 0.356 e. The van der Waals surface area contributed by atoms with Gasteiger partial charge in [-0.05, 0) is 31.7 Å². The minimum Gasteiger partial charge on any atom is -0.356 e. The highest BCUT2D eigenvalue weighted by Crippen LogP contribution is 2.22. The lowest BCUT2D eigenvalue weighted by molar-refractivity contribution is 0.222. The standard InChI is InChI=1S/C15H20N6O/c22-15(20-8-3-4-9-20)17-12-11-16-21-10-5-13(18-14(12)21)19-6-1-2-7-19/h5,10-11H,1-4,6-9H2,(H,17,22). The van der Waals surface area contributed by atoms with Gasteiger partial charge < -0.3 is 15.1 Å². The van der Waals surface area contributed by atoms with Crippen LogP contribution in [0, 0.1) is 0 Å². The molecule has 0 unspecified atom stereocenters. The van der Waals surface area contributed by atoms with Crippen LogP contribution < -0.4 is 10.2 Å². The summed E-state index contributed by atoms with van der Waals surface area (Å²) >= 11 is 0. The Morgan fingerprint density at radius 2 is 1.82 bits per heavy atom. The molecule has 2 saturated heterocycles. The first-order valence-electron chi connectivity index (χ1n) is 7.96. The van der Waals surface area contributed by atoms with Crippen molar-refractivity contribution in [1.82, 2.24) is 19.5 Å². The molecule has 2 aromatic heterocycles. The monoisotopic (exact) mass is 300 g/mol. The predicted molar refractivity (Wildman–Crippen MR) is 84.3 cm³/mol. The molecule has 2 aliphatic heterocycles. The van der Waals surface area contributed by atoms with E-state index < -0.39 is 0 Å². The summed E-state index contributed by atoms with van der Waals surface area (Å²) in [5, 5.41) is 7.22. The van der Waals surface area contributed by atoms with E-state index in [1.54, 1.807) is 10.7 Å². The maximum atomic E-state index is 12.2. The second-order valence-corrected chi connectivity index (χ2v) is 5.93. The number of rotatable bonds is 2. The first-order valence-corrected chi connectivity index (χ1v) is 7.96.